The van der Waals surface area contributed by atoms with Crippen LogP contribution in [0.25, 0.3) is 215 Å². The molecular weight excluding hydrogens is 1710 g/mol. The van der Waals surface area contributed by atoms with Crippen LogP contribution in [0.15, 0.2) is 394 Å². The highest BCUT2D eigenvalue weighted by Gasteiger charge is 2.47. The summed E-state index contributed by atoms with van der Waals surface area (Å²) in [6, 6.07) is 142. The number of thiophene rings is 1. The summed E-state index contributed by atoms with van der Waals surface area (Å²) in [4.78, 5) is 31.9. The van der Waals surface area contributed by atoms with Gasteiger partial charge in [0.2, 0.25) is 11.9 Å². The minimum atomic E-state index is -0.181. The number of rotatable bonds is 8. The minimum absolute atomic E-state index is 0.0955. The first-order valence-corrected chi connectivity index (χ1v) is 49.2. The molecule has 0 bridgehead atoms. The summed E-state index contributed by atoms with van der Waals surface area (Å²) in [5.74, 6) is 2.14. The van der Waals surface area contributed by atoms with Crippen molar-refractivity contribution in [3.63, 3.8) is 0 Å². The van der Waals surface area contributed by atoms with Gasteiger partial charge in [0.15, 0.2) is 5.82 Å². The number of hydrogen-bond acceptors (Lipinski definition) is 7. The maximum Gasteiger partial charge on any atom is 0.235 e. The van der Waals surface area contributed by atoms with Crippen molar-refractivity contribution in [3.8, 4) is 130 Å². The summed E-state index contributed by atoms with van der Waals surface area (Å²) in [7, 11) is 0. The average molecular weight is 1800 g/mol. The predicted molar refractivity (Wildman–Crippen MR) is 577 cm³/mol. The van der Waals surface area contributed by atoms with Gasteiger partial charge in [-0.25, -0.2) is 29.9 Å². The molecule has 9 nitrogen and oxygen atoms in total. The van der Waals surface area contributed by atoms with Crippen molar-refractivity contribution in [3.05, 3.63) is 450 Å². The van der Waals surface area contributed by atoms with Crippen LogP contribution >= 0.6 is 11.3 Å². The zero-order valence-electron chi connectivity index (χ0n) is 79.0. The van der Waals surface area contributed by atoms with Gasteiger partial charge < -0.3 is 4.57 Å². The average Bonchev–Trinajstić information content (AvgIpc) is 1.52. The molecule has 0 amide bonds. The molecule has 0 spiro atoms. The summed E-state index contributed by atoms with van der Waals surface area (Å²) in [6.07, 6.45) is 0. The van der Waals surface area contributed by atoms with E-state index in [1.165, 1.54) is 170 Å². The SMILES string of the molecule is CC1(C)c2ccccc2-c2c1c1ccc3c4ccccc4sc3c1n2-c1nc(-c2ccccc2)c2ccc(-c3ccccc3)cc2n1.CC1(C)c2ccccc2-c2cc3c4c(n(-c5cccc(-c6nc(-c7ccccc7)c7ccccc7n6)c5)c3cc21)-c1ccccc1C4(C)C.CC1(C)c2ccccc2-c2cc3c4c(n(-c5nc(-c6ccccc6)c6ccccc6n5)c3cc21)-c1ccccc1C4(C)C. The molecule has 0 saturated heterocycles. The van der Waals surface area contributed by atoms with E-state index >= 15 is 0 Å². The van der Waals surface area contributed by atoms with Gasteiger partial charge in [-0.3, -0.25) is 9.13 Å². The topological polar surface area (TPSA) is 92.1 Å². The van der Waals surface area contributed by atoms with E-state index in [0.717, 1.165) is 89.1 Å². The maximum atomic E-state index is 5.48. The maximum absolute atomic E-state index is 5.48. The molecule has 7 heterocycles. The Labute approximate surface area is 810 Å². The van der Waals surface area contributed by atoms with Gasteiger partial charge in [-0.1, -0.05) is 397 Å². The first-order chi connectivity index (χ1) is 67.7. The Kier molecular flexibility index (Phi) is 17.9. The van der Waals surface area contributed by atoms with Crippen LogP contribution in [0.5, 0.6) is 0 Å². The van der Waals surface area contributed by atoms with Crippen molar-refractivity contribution in [1.82, 2.24) is 43.6 Å². The van der Waals surface area contributed by atoms with Crippen molar-refractivity contribution in [1.29, 1.82) is 0 Å². The van der Waals surface area contributed by atoms with E-state index in [0.29, 0.717) is 11.9 Å². The molecule has 0 unspecified atom stereocenters. The van der Waals surface area contributed by atoms with E-state index in [9.17, 15) is 0 Å². The van der Waals surface area contributed by atoms with E-state index in [1.54, 1.807) is 0 Å². The van der Waals surface area contributed by atoms with Crippen molar-refractivity contribution in [2.24, 2.45) is 0 Å². The highest BCUT2D eigenvalue weighted by molar-refractivity contribution is 7.26. The van der Waals surface area contributed by atoms with Gasteiger partial charge in [-0.2, -0.15) is 0 Å². The van der Waals surface area contributed by atoms with Crippen molar-refractivity contribution >= 4 is 96.9 Å². The number of hydrogen-bond donors (Lipinski definition) is 0. The van der Waals surface area contributed by atoms with E-state index in [2.05, 4.69) is 471 Å². The zero-order valence-corrected chi connectivity index (χ0v) is 79.8. The summed E-state index contributed by atoms with van der Waals surface area (Å²) in [5, 5.41) is 9.59. The Morgan fingerprint density at radius 1 is 0.216 bits per heavy atom. The van der Waals surface area contributed by atoms with Gasteiger partial charge in [-0.15, -0.1) is 11.3 Å². The molecule has 0 radical (unpaired) electrons. The Morgan fingerprint density at radius 3 is 1.12 bits per heavy atom. The molecule has 0 aliphatic heterocycles. The van der Waals surface area contributed by atoms with Crippen LogP contribution in [0.3, 0.4) is 0 Å². The molecule has 0 atom stereocenters. The Morgan fingerprint density at radius 2 is 0.590 bits per heavy atom. The molecule has 24 aromatic rings. The van der Waals surface area contributed by atoms with Crippen LogP contribution in [0.4, 0.5) is 0 Å². The number of para-hydroxylation sites is 2. The lowest BCUT2D eigenvalue weighted by Gasteiger charge is -2.23. The standard InChI is InChI=1S/C46H35N3.C43H29N3S.C40H31N3/c1-45(2)36-22-11-8-19-31(36)34-26-35-40(27-38(34)45)49(43-32-20-9-12-23-37(32)46(3,4)41(35)43)30-18-14-17-29(25-30)44-47-39-24-13-10-21-33(39)42(48-44)28-15-6-5-7-16-28;1-43(2)34-19-11-9-18-31(34)39-37(43)33-24-23-30-29-17-10-12-20-36(29)47-41(30)40(33)46(39)42-44-35-25-28(26-13-5-3-6-14-26)21-22-32(35)38(45-42)27-15-7-4-8-16-27;1-39(2)30-19-11-8-16-25(30)28-22-29-34(23-32(28)39)43(37-26-17-9-12-20-31(26)40(3,4)35(29)37)38-41-33-21-13-10-18-27(33)36(42-38)24-14-6-5-7-15-24/h5-27H,1-4H3;3-25H,1-2H3;5-23H,1-4H3. The predicted octanol–water partition coefficient (Wildman–Crippen LogP) is 33.0. The fourth-order valence-electron chi connectivity index (χ4n) is 24.6. The van der Waals surface area contributed by atoms with Gasteiger partial charge in [-0.05, 0) is 156 Å². The quantitative estimate of drug-likeness (QED) is 0.150. The van der Waals surface area contributed by atoms with Gasteiger partial charge in [0.25, 0.3) is 0 Å². The number of aromatic nitrogens is 9. The van der Waals surface area contributed by atoms with E-state index in [1.807, 2.05) is 17.4 Å². The fourth-order valence-corrected chi connectivity index (χ4v) is 25.8. The number of benzene rings is 17. The molecular formula is C129H95N9S. The zero-order chi connectivity index (χ0) is 93.4. The molecule has 0 N–H and O–H groups in total. The second-order valence-electron chi connectivity index (χ2n) is 40.7. The fraction of sp³-hybridized carbons (Fsp3) is 0.116. The minimum Gasteiger partial charge on any atom is -0.309 e. The number of nitrogens with zero attached hydrogens (tertiary/aromatic N) is 9. The summed E-state index contributed by atoms with van der Waals surface area (Å²) in [5.41, 5.74) is 42.8. The molecule has 139 heavy (non-hydrogen) atoms. The lowest BCUT2D eigenvalue weighted by molar-refractivity contribution is 0.660. The first-order valence-electron chi connectivity index (χ1n) is 48.4. The molecule has 0 saturated carbocycles. The lowest BCUT2D eigenvalue weighted by atomic mass is 9.80. The van der Waals surface area contributed by atoms with Crippen molar-refractivity contribution in [2.75, 3.05) is 0 Å². The second-order valence-corrected chi connectivity index (χ2v) is 41.8. The Bertz CT molecular complexity index is 9350. The Balaban J connectivity index is 0.000000105. The van der Waals surface area contributed by atoms with Crippen LogP contribution < -0.4 is 0 Å². The molecule has 5 aliphatic rings. The van der Waals surface area contributed by atoms with Gasteiger partial charge in [0.05, 0.1) is 72.0 Å². The second kappa shape index (κ2) is 30.3. The third-order valence-corrected chi connectivity index (χ3v) is 32.3. The first kappa shape index (κ1) is 82.1. The van der Waals surface area contributed by atoms with Crippen LogP contribution in [0.1, 0.15) is 125 Å². The Hall–Kier alpha value is -16.4. The van der Waals surface area contributed by atoms with Crippen molar-refractivity contribution < 1.29 is 0 Å². The third-order valence-electron chi connectivity index (χ3n) is 31.1. The van der Waals surface area contributed by atoms with E-state index in [-0.39, 0.29) is 27.1 Å². The molecule has 10 heteroatoms. The monoisotopic (exact) mass is 1800 g/mol. The van der Waals surface area contributed by atoms with Crippen LogP contribution in [0.2, 0.25) is 0 Å². The van der Waals surface area contributed by atoms with Crippen LogP contribution in [-0.4, -0.2) is 43.6 Å². The van der Waals surface area contributed by atoms with Crippen LogP contribution in [0, 0.1) is 0 Å². The molecule has 5 aliphatic carbocycles. The molecule has 662 valence electrons. The lowest BCUT2D eigenvalue weighted by Crippen LogP contribution is -2.16. The third kappa shape index (κ3) is 12.1. The molecule has 29 rings (SSSR count). The van der Waals surface area contributed by atoms with Crippen molar-refractivity contribution in [2.45, 2.75) is 96.3 Å². The van der Waals surface area contributed by atoms with Gasteiger partial charge in [0, 0.05) is 119 Å². The summed E-state index contributed by atoms with van der Waals surface area (Å²) in [6.45, 7) is 23.7. The van der Waals surface area contributed by atoms with Gasteiger partial charge in [0.1, 0.15) is 0 Å². The summed E-state index contributed by atoms with van der Waals surface area (Å²) >= 11 is 1.87. The van der Waals surface area contributed by atoms with E-state index in [4.69, 9.17) is 29.9 Å². The highest BCUT2D eigenvalue weighted by atomic mass is 32.1. The largest absolute Gasteiger partial charge is 0.309 e. The summed E-state index contributed by atoms with van der Waals surface area (Å²) < 4.78 is 9.82. The molecule has 17 aromatic carbocycles. The number of fused-ring (bicyclic) bond motifs is 28. The van der Waals surface area contributed by atoms with Crippen LogP contribution in [-0.2, 0) is 27.1 Å². The smallest absolute Gasteiger partial charge is 0.235 e. The van der Waals surface area contributed by atoms with E-state index < -0.39 is 0 Å². The normalized spacial score (nSPS) is 14.5. The molecule has 7 aromatic heterocycles. The van der Waals surface area contributed by atoms with Gasteiger partial charge >= 0.3 is 0 Å². The highest BCUT2D eigenvalue weighted by Crippen LogP contribution is 2.62. The molecule has 0 fully saturated rings.